The van der Waals surface area contributed by atoms with Gasteiger partial charge in [0.1, 0.15) is 5.75 Å². The lowest BCUT2D eigenvalue weighted by Gasteiger charge is -2.10. The Kier molecular flexibility index (Phi) is 7.32. The first-order valence-electron chi connectivity index (χ1n) is 5.97. The zero-order chi connectivity index (χ0) is 14.1. The monoisotopic (exact) mass is 285 g/mol. The molecule has 3 N–H and O–H groups in total. The smallest absolute Gasteiger partial charge is 0.225 e. The van der Waals surface area contributed by atoms with Crippen LogP contribution in [-0.4, -0.2) is 47.4 Å². The highest BCUT2D eigenvalue weighted by Gasteiger charge is 2.07. The molecule has 0 saturated heterocycles. The van der Waals surface area contributed by atoms with Gasteiger partial charge in [-0.1, -0.05) is 12.1 Å². The van der Waals surface area contributed by atoms with Crippen LogP contribution < -0.4 is 10.1 Å². The van der Waals surface area contributed by atoms with Gasteiger partial charge in [-0.15, -0.1) is 0 Å². The maximum atomic E-state index is 11.7. The fraction of sp³-hybridized carbons (Fsp3) is 0.462. The summed E-state index contributed by atoms with van der Waals surface area (Å²) in [5.74, 6) is 1.55. The van der Waals surface area contributed by atoms with E-state index in [2.05, 4.69) is 5.32 Å². The summed E-state index contributed by atoms with van der Waals surface area (Å²) in [5, 5.41) is 20.6. The van der Waals surface area contributed by atoms with Crippen molar-refractivity contribution in [1.82, 2.24) is 0 Å². The second kappa shape index (κ2) is 8.79. The van der Waals surface area contributed by atoms with E-state index in [1.54, 1.807) is 19.2 Å². The lowest BCUT2D eigenvalue weighted by Crippen LogP contribution is -2.16. The van der Waals surface area contributed by atoms with Crippen LogP contribution >= 0.6 is 11.8 Å². The normalized spacial score (nSPS) is 11.9. The number of hydrogen-bond acceptors (Lipinski definition) is 5. The van der Waals surface area contributed by atoms with Crippen molar-refractivity contribution in [2.75, 3.05) is 30.5 Å². The van der Waals surface area contributed by atoms with Gasteiger partial charge in [0, 0.05) is 17.9 Å². The van der Waals surface area contributed by atoms with Crippen molar-refractivity contribution in [3.63, 3.8) is 0 Å². The number of amides is 1. The number of benzene rings is 1. The van der Waals surface area contributed by atoms with Gasteiger partial charge in [0.05, 0.1) is 25.5 Å². The van der Waals surface area contributed by atoms with Crippen molar-refractivity contribution >= 4 is 23.4 Å². The zero-order valence-corrected chi connectivity index (χ0v) is 11.7. The molecular formula is C13H19NO4S. The quantitative estimate of drug-likeness (QED) is 0.624. The van der Waals surface area contributed by atoms with E-state index in [0.29, 0.717) is 29.4 Å². The van der Waals surface area contributed by atoms with E-state index in [0.717, 1.165) is 0 Å². The standard InChI is InChI=1S/C13H19NO4S/c1-18-12-5-3-2-4-11(12)14-13(17)6-7-19-9-10(16)8-15/h2-5,10,15-16H,6-9H2,1H3,(H,14,17). The fourth-order valence-electron chi connectivity index (χ4n) is 1.40. The highest BCUT2D eigenvalue weighted by atomic mass is 32.2. The van der Waals surface area contributed by atoms with E-state index < -0.39 is 6.10 Å². The molecule has 19 heavy (non-hydrogen) atoms. The summed E-state index contributed by atoms with van der Waals surface area (Å²) in [6, 6.07) is 7.21. The molecule has 0 bridgehead atoms. The van der Waals surface area contributed by atoms with Crippen molar-refractivity contribution in [3.05, 3.63) is 24.3 Å². The van der Waals surface area contributed by atoms with E-state index in [9.17, 15) is 4.79 Å². The van der Waals surface area contributed by atoms with Crippen LogP contribution in [0.15, 0.2) is 24.3 Å². The molecule has 0 aromatic heterocycles. The Morgan fingerprint density at radius 2 is 2.21 bits per heavy atom. The Hall–Kier alpha value is -1.24. The molecule has 0 saturated carbocycles. The van der Waals surface area contributed by atoms with Crippen LogP contribution in [0.1, 0.15) is 6.42 Å². The first-order chi connectivity index (χ1) is 9.17. The summed E-state index contributed by atoms with van der Waals surface area (Å²) in [7, 11) is 1.55. The maximum absolute atomic E-state index is 11.7. The van der Waals surface area contributed by atoms with Crippen molar-refractivity contribution in [1.29, 1.82) is 0 Å². The number of rotatable bonds is 8. The Morgan fingerprint density at radius 3 is 2.89 bits per heavy atom. The number of methoxy groups -OCH3 is 1. The Labute approximate surface area is 117 Å². The number of carbonyl (C=O) groups excluding carboxylic acids is 1. The number of aliphatic hydroxyl groups excluding tert-OH is 2. The van der Waals surface area contributed by atoms with E-state index in [4.69, 9.17) is 14.9 Å². The molecule has 6 heteroatoms. The minimum Gasteiger partial charge on any atom is -0.495 e. The number of thioether (sulfide) groups is 1. The molecule has 0 aliphatic carbocycles. The average molecular weight is 285 g/mol. The molecule has 0 radical (unpaired) electrons. The number of ether oxygens (including phenoxy) is 1. The first kappa shape index (κ1) is 15.8. The molecule has 0 aliphatic heterocycles. The lowest BCUT2D eigenvalue weighted by atomic mass is 10.3. The fourth-order valence-corrected chi connectivity index (χ4v) is 2.27. The second-order valence-electron chi connectivity index (χ2n) is 3.91. The third-order valence-corrected chi connectivity index (χ3v) is 3.49. The molecule has 1 aromatic carbocycles. The number of hydrogen-bond donors (Lipinski definition) is 3. The van der Waals surface area contributed by atoms with Gasteiger partial charge in [0.2, 0.25) is 5.91 Å². The third-order valence-electron chi connectivity index (χ3n) is 2.38. The molecule has 0 heterocycles. The summed E-state index contributed by atoms with van der Waals surface area (Å²) >= 11 is 1.43. The summed E-state index contributed by atoms with van der Waals surface area (Å²) in [6.07, 6.45) is -0.372. The maximum Gasteiger partial charge on any atom is 0.225 e. The van der Waals surface area contributed by atoms with Crippen molar-refractivity contribution in [2.45, 2.75) is 12.5 Å². The molecule has 0 aliphatic rings. The van der Waals surface area contributed by atoms with Crippen molar-refractivity contribution in [2.24, 2.45) is 0 Å². The van der Waals surface area contributed by atoms with E-state index in [1.807, 2.05) is 12.1 Å². The molecule has 5 nitrogen and oxygen atoms in total. The molecule has 1 atom stereocenters. The highest BCUT2D eigenvalue weighted by molar-refractivity contribution is 7.99. The van der Waals surface area contributed by atoms with Gasteiger partial charge in [-0.2, -0.15) is 11.8 Å². The number of para-hydroxylation sites is 2. The molecule has 0 spiro atoms. The SMILES string of the molecule is COc1ccccc1NC(=O)CCSCC(O)CO. The van der Waals surface area contributed by atoms with E-state index in [1.165, 1.54) is 11.8 Å². The number of aliphatic hydroxyl groups is 2. The molecule has 1 aromatic rings. The van der Waals surface area contributed by atoms with E-state index >= 15 is 0 Å². The van der Waals surface area contributed by atoms with E-state index in [-0.39, 0.29) is 12.5 Å². The topological polar surface area (TPSA) is 78.8 Å². The number of anilines is 1. The van der Waals surface area contributed by atoms with Crippen LogP contribution in [0.5, 0.6) is 5.75 Å². The Balaban J connectivity index is 2.31. The Bertz CT molecular complexity index is 400. The van der Waals surface area contributed by atoms with Crippen LogP contribution in [0.2, 0.25) is 0 Å². The lowest BCUT2D eigenvalue weighted by molar-refractivity contribution is -0.115. The summed E-state index contributed by atoms with van der Waals surface area (Å²) in [5.41, 5.74) is 0.649. The van der Waals surface area contributed by atoms with Gasteiger partial charge < -0.3 is 20.3 Å². The summed E-state index contributed by atoms with van der Waals surface area (Å²) < 4.78 is 5.14. The molecule has 1 unspecified atom stereocenters. The van der Waals surface area contributed by atoms with Crippen LogP contribution in [-0.2, 0) is 4.79 Å². The van der Waals surface area contributed by atoms with Crippen molar-refractivity contribution in [3.8, 4) is 5.75 Å². The van der Waals surface area contributed by atoms with Gasteiger partial charge in [-0.3, -0.25) is 4.79 Å². The largest absolute Gasteiger partial charge is 0.495 e. The molecule has 1 amide bonds. The summed E-state index contributed by atoms with van der Waals surface area (Å²) in [4.78, 5) is 11.7. The predicted octanol–water partition coefficient (Wildman–Crippen LogP) is 1.11. The molecule has 0 fully saturated rings. The van der Waals surface area contributed by atoms with Crippen LogP contribution in [0, 0.1) is 0 Å². The van der Waals surface area contributed by atoms with Gasteiger partial charge in [-0.25, -0.2) is 0 Å². The van der Waals surface area contributed by atoms with Gasteiger partial charge in [0.15, 0.2) is 0 Å². The number of nitrogens with one attached hydrogen (secondary N) is 1. The van der Waals surface area contributed by atoms with Gasteiger partial charge in [-0.05, 0) is 12.1 Å². The molecular weight excluding hydrogens is 266 g/mol. The predicted molar refractivity (Wildman–Crippen MR) is 76.7 cm³/mol. The van der Waals surface area contributed by atoms with Crippen molar-refractivity contribution < 1.29 is 19.7 Å². The second-order valence-corrected chi connectivity index (χ2v) is 5.06. The minimum atomic E-state index is -0.720. The van der Waals surface area contributed by atoms with Gasteiger partial charge in [0.25, 0.3) is 0 Å². The van der Waals surface area contributed by atoms with Crippen LogP contribution in [0.25, 0.3) is 0 Å². The Morgan fingerprint density at radius 1 is 1.47 bits per heavy atom. The molecule has 106 valence electrons. The summed E-state index contributed by atoms with van der Waals surface area (Å²) in [6.45, 7) is -0.250. The third kappa shape index (κ3) is 5.96. The average Bonchev–Trinajstić information content (AvgIpc) is 2.43. The number of carbonyl (C=O) groups is 1. The zero-order valence-electron chi connectivity index (χ0n) is 10.8. The minimum absolute atomic E-state index is 0.101. The van der Waals surface area contributed by atoms with Gasteiger partial charge >= 0.3 is 0 Å². The molecule has 1 rings (SSSR count). The first-order valence-corrected chi connectivity index (χ1v) is 7.12. The van der Waals surface area contributed by atoms with Crippen LogP contribution in [0.4, 0.5) is 5.69 Å². The highest BCUT2D eigenvalue weighted by Crippen LogP contribution is 2.23. The van der Waals surface area contributed by atoms with Crippen LogP contribution in [0.3, 0.4) is 0 Å².